The highest BCUT2D eigenvalue weighted by Gasteiger charge is 2.32. The minimum absolute atomic E-state index is 0.0786. The van der Waals surface area contributed by atoms with Gasteiger partial charge in [0.2, 0.25) is 5.91 Å². The Morgan fingerprint density at radius 1 is 1.22 bits per heavy atom. The van der Waals surface area contributed by atoms with Gasteiger partial charge in [-0.25, -0.2) is 4.39 Å². The lowest BCUT2D eigenvalue weighted by atomic mass is 9.88. The molecule has 0 unspecified atom stereocenters. The molecule has 2 aromatic rings. The summed E-state index contributed by atoms with van der Waals surface area (Å²) < 4.78 is 19.3. The Labute approximate surface area is 190 Å². The number of nitrogens with one attached hydrogen (secondary N) is 1. The Kier molecular flexibility index (Phi) is 8.88. The second kappa shape index (κ2) is 11.8. The molecule has 0 aromatic heterocycles. The monoisotopic (exact) mass is 443 g/mol. The number of aromatic hydroxyl groups is 1. The minimum atomic E-state index is -0.324. The van der Waals surface area contributed by atoms with Gasteiger partial charge in [-0.05, 0) is 63.3 Å². The molecule has 1 heterocycles. The fourth-order valence-corrected chi connectivity index (χ4v) is 4.12. The number of hydrogen-bond donors (Lipinski definition) is 2. The molecule has 2 aromatic carbocycles. The molecule has 1 aliphatic rings. The third-order valence-corrected chi connectivity index (χ3v) is 5.69. The number of likely N-dealkylation sites (tertiary alicyclic amines) is 1. The average Bonchev–Trinajstić information content (AvgIpc) is 2.76. The third kappa shape index (κ3) is 7.80. The van der Waals surface area contributed by atoms with Crippen molar-refractivity contribution >= 4 is 5.91 Å². The molecule has 0 spiro atoms. The molecule has 174 valence electrons. The quantitative estimate of drug-likeness (QED) is 0.553. The maximum Gasteiger partial charge on any atom is 0.224 e. The predicted molar refractivity (Wildman–Crippen MR) is 123 cm³/mol. The molecule has 2 atom stereocenters. The van der Waals surface area contributed by atoms with Crippen LogP contribution in [0, 0.1) is 17.7 Å². The summed E-state index contributed by atoms with van der Waals surface area (Å²) in [6.45, 7) is 4.19. The van der Waals surface area contributed by atoms with Gasteiger partial charge in [-0.3, -0.25) is 9.69 Å². The van der Waals surface area contributed by atoms with Crippen molar-refractivity contribution in [2.75, 3.05) is 46.9 Å². The number of benzene rings is 2. The van der Waals surface area contributed by atoms with Gasteiger partial charge in [0, 0.05) is 38.2 Å². The highest BCUT2D eigenvalue weighted by molar-refractivity contribution is 5.79. The van der Waals surface area contributed by atoms with Crippen molar-refractivity contribution in [2.45, 2.75) is 19.4 Å². The van der Waals surface area contributed by atoms with Crippen LogP contribution >= 0.6 is 0 Å². The van der Waals surface area contributed by atoms with Crippen LogP contribution in [-0.4, -0.2) is 67.7 Å². The van der Waals surface area contributed by atoms with E-state index in [9.17, 15) is 14.3 Å². The summed E-state index contributed by atoms with van der Waals surface area (Å²) in [6.07, 6.45) is 1.65. The van der Waals surface area contributed by atoms with Crippen LogP contribution in [0.1, 0.15) is 18.4 Å². The van der Waals surface area contributed by atoms with E-state index in [1.54, 1.807) is 24.3 Å². The van der Waals surface area contributed by atoms with Crippen LogP contribution in [-0.2, 0) is 11.3 Å². The standard InChI is InChI=1S/C25H34FN3O3/c1-28(2)12-4-11-27-25(31)21-13-20(18-32-24-6-3-5-22(26)14-24)16-29(17-21)15-19-7-9-23(30)10-8-19/h3,5-10,14,20-21,30H,4,11-13,15-18H2,1-2H3,(H,27,31)/t20-,21+/m0/s1. The summed E-state index contributed by atoms with van der Waals surface area (Å²) >= 11 is 0. The first kappa shape index (κ1) is 24.0. The molecular formula is C25H34FN3O3. The second-order valence-corrected chi connectivity index (χ2v) is 8.88. The summed E-state index contributed by atoms with van der Waals surface area (Å²) in [5, 5.41) is 12.6. The Morgan fingerprint density at radius 2 is 2.00 bits per heavy atom. The van der Waals surface area contributed by atoms with Gasteiger partial charge < -0.3 is 20.1 Å². The number of nitrogens with zero attached hydrogens (tertiary/aromatic N) is 2. The van der Waals surface area contributed by atoms with E-state index in [2.05, 4.69) is 15.1 Å². The van der Waals surface area contributed by atoms with Gasteiger partial charge in [0.25, 0.3) is 0 Å². The lowest BCUT2D eigenvalue weighted by Gasteiger charge is -2.37. The molecule has 0 radical (unpaired) electrons. The largest absolute Gasteiger partial charge is 0.508 e. The fourth-order valence-electron chi connectivity index (χ4n) is 4.12. The predicted octanol–water partition coefficient (Wildman–Crippen LogP) is 3.12. The molecule has 32 heavy (non-hydrogen) atoms. The van der Waals surface area contributed by atoms with Crippen LogP contribution in [0.4, 0.5) is 4.39 Å². The zero-order valence-electron chi connectivity index (χ0n) is 19.0. The van der Waals surface area contributed by atoms with Gasteiger partial charge in [0.1, 0.15) is 17.3 Å². The van der Waals surface area contributed by atoms with Crippen molar-refractivity contribution in [1.82, 2.24) is 15.1 Å². The molecule has 1 fully saturated rings. The summed E-state index contributed by atoms with van der Waals surface area (Å²) in [5.74, 6) is 0.530. The Balaban J connectivity index is 1.61. The first-order valence-electron chi connectivity index (χ1n) is 11.2. The molecule has 2 N–H and O–H groups in total. The maximum atomic E-state index is 13.5. The number of piperidine rings is 1. The van der Waals surface area contributed by atoms with E-state index in [1.165, 1.54) is 12.1 Å². The molecule has 0 aliphatic carbocycles. The number of phenolic OH excluding ortho intramolecular Hbond substituents is 1. The summed E-state index contributed by atoms with van der Waals surface area (Å²) in [6, 6.07) is 13.3. The zero-order chi connectivity index (χ0) is 22.9. The van der Waals surface area contributed by atoms with Gasteiger partial charge in [0.15, 0.2) is 0 Å². The maximum absolute atomic E-state index is 13.5. The number of carbonyl (C=O) groups is 1. The SMILES string of the molecule is CN(C)CCCNC(=O)[C@@H]1C[C@H](COc2cccc(F)c2)CN(Cc2ccc(O)cc2)C1. The lowest BCUT2D eigenvalue weighted by Crippen LogP contribution is -2.47. The van der Waals surface area contributed by atoms with Crippen molar-refractivity contribution in [3.05, 3.63) is 59.9 Å². The van der Waals surface area contributed by atoms with Gasteiger partial charge in [-0.2, -0.15) is 0 Å². The molecule has 0 bridgehead atoms. The zero-order valence-corrected chi connectivity index (χ0v) is 19.0. The van der Waals surface area contributed by atoms with Gasteiger partial charge in [-0.15, -0.1) is 0 Å². The third-order valence-electron chi connectivity index (χ3n) is 5.69. The first-order chi connectivity index (χ1) is 15.4. The molecule has 3 rings (SSSR count). The minimum Gasteiger partial charge on any atom is -0.508 e. The second-order valence-electron chi connectivity index (χ2n) is 8.88. The number of phenols is 1. The van der Waals surface area contributed by atoms with E-state index in [0.717, 1.165) is 31.5 Å². The molecule has 1 amide bonds. The average molecular weight is 444 g/mol. The lowest BCUT2D eigenvalue weighted by molar-refractivity contribution is -0.127. The van der Waals surface area contributed by atoms with Crippen LogP contribution in [0.3, 0.4) is 0 Å². The van der Waals surface area contributed by atoms with Crippen molar-refractivity contribution in [2.24, 2.45) is 11.8 Å². The van der Waals surface area contributed by atoms with Crippen LogP contribution in [0.25, 0.3) is 0 Å². The number of halogens is 1. The summed E-state index contributed by atoms with van der Waals surface area (Å²) in [4.78, 5) is 17.2. The first-order valence-corrected chi connectivity index (χ1v) is 11.2. The molecular weight excluding hydrogens is 409 g/mol. The van der Waals surface area contributed by atoms with E-state index in [4.69, 9.17) is 4.74 Å². The summed E-state index contributed by atoms with van der Waals surface area (Å²) in [5.41, 5.74) is 1.08. The van der Waals surface area contributed by atoms with E-state index in [-0.39, 0.29) is 29.3 Å². The number of carbonyl (C=O) groups excluding carboxylic acids is 1. The topological polar surface area (TPSA) is 65.0 Å². The molecule has 0 saturated carbocycles. The van der Waals surface area contributed by atoms with Gasteiger partial charge in [0.05, 0.1) is 12.5 Å². The van der Waals surface area contributed by atoms with Crippen LogP contribution in [0.5, 0.6) is 11.5 Å². The van der Waals surface area contributed by atoms with E-state index in [0.29, 0.717) is 32.0 Å². The number of ether oxygens (including phenoxy) is 1. The molecule has 1 aliphatic heterocycles. The smallest absolute Gasteiger partial charge is 0.224 e. The van der Waals surface area contributed by atoms with E-state index in [1.807, 2.05) is 26.2 Å². The molecule has 1 saturated heterocycles. The van der Waals surface area contributed by atoms with Crippen LogP contribution in [0.15, 0.2) is 48.5 Å². The normalized spacial score (nSPS) is 19.1. The van der Waals surface area contributed by atoms with Crippen molar-refractivity contribution in [3.8, 4) is 11.5 Å². The van der Waals surface area contributed by atoms with E-state index >= 15 is 0 Å². The highest BCUT2D eigenvalue weighted by Crippen LogP contribution is 2.25. The number of amides is 1. The van der Waals surface area contributed by atoms with Gasteiger partial charge in [-0.1, -0.05) is 18.2 Å². The summed E-state index contributed by atoms with van der Waals surface area (Å²) in [7, 11) is 4.04. The number of rotatable bonds is 10. The van der Waals surface area contributed by atoms with E-state index < -0.39 is 0 Å². The van der Waals surface area contributed by atoms with Crippen molar-refractivity contribution in [1.29, 1.82) is 0 Å². The van der Waals surface area contributed by atoms with Crippen molar-refractivity contribution in [3.63, 3.8) is 0 Å². The fraction of sp³-hybridized carbons (Fsp3) is 0.480. The Morgan fingerprint density at radius 3 is 2.72 bits per heavy atom. The van der Waals surface area contributed by atoms with Crippen LogP contribution in [0.2, 0.25) is 0 Å². The van der Waals surface area contributed by atoms with Crippen LogP contribution < -0.4 is 10.1 Å². The van der Waals surface area contributed by atoms with Crippen molar-refractivity contribution < 1.29 is 19.0 Å². The van der Waals surface area contributed by atoms with Gasteiger partial charge >= 0.3 is 0 Å². The Bertz CT molecular complexity index is 860. The highest BCUT2D eigenvalue weighted by atomic mass is 19.1. The molecule has 6 nitrogen and oxygen atoms in total. The Hall–Kier alpha value is -2.64. The molecule has 7 heteroatoms. The number of hydrogen-bond acceptors (Lipinski definition) is 5.